The van der Waals surface area contributed by atoms with Gasteiger partial charge in [0.15, 0.2) is 5.82 Å². The first-order valence-electron chi connectivity index (χ1n) is 2.15. The van der Waals surface area contributed by atoms with E-state index in [1.165, 1.54) is 0 Å². The molecule has 0 saturated carbocycles. The molecule has 0 saturated heterocycles. The van der Waals surface area contributed by atoms with Gasteiger partial charge in [-0.15, -0.1) is 12.4 Å². The summed E-state index contributed by atoms with van der Waals surface area (Å²) in [5.74, 6) is -0.0139. The fraction of sp³-hybridized carbons (Fsp3) is 0. The Hall–Kier alpha value is -1.30. The fourth-order valence-electron chi connectivity index (χ4n) is 0.435. The molecule has 7 heteroatoms. The van der Waals surface area contributed by atoms with E-state index in [-0.39, 0.29) is 23.9 Å². The third-order valence-electron chi connectivity index (χ3n) is 0.844. The largest absolute Gasteiger partial charge is 0.378 e. The summed E-state index contributed by atoms with van der Waals surface area (Å²) in [6.45, 7) is 0. The summed E-state index contributed by atoms with van der Waals surface area (Å²) < 4.78 is 0. The van der Waals surface area contributed by atoms with Crippen LogP contribution in [-0.2, 0) is 0 Å². The van der Waals surface area contributed by atoms with Gasteiger partial charge in [0.05, 0.1) is 4.92 Å². The van der Waals surface area contributed by atoms with E-state index >= 15 is 0 Å². The maximum atomic E-state index is 9.95. The molecule has 3 N–H and O–H groups in total. The molecule has 0 bridgehead atoms. The van der Waals surface area contributed by atoms with Crippen molar-refractivity contribution in [3.05, 3.63) is 16.3 Å². The second kappa shape index (κ2) is 3.02. The molecule has 0 radical (unpaired) electrons. The van der Waals surface area contributed by atoms with Crippen molar-refractivity contribution in [1.82, 2.24) is 10.2 Å². The molecule has 0 spiro atoms. The van der Waals surface area contributed by atoms with E-state index < -0.39 is 4.92 Å². The molecule has 10 heavy (non-hydrogen) atoms. The van der Waals surface area contributed by atoms with Crippen LogP contribution in [0.15, 0.2) is 6.20 Å². The third kappa shape index (κ3) is 1.35. The van der Waals surface area contributed by atoms with Crippen molar-refractivity contribution in [2.75, 3.05) is 5.73 Å². The Balaban J connectivity index is 0.000000810. The number of nitrogens with zero attached hydrogens (tertiary/aromatic N) is 2. The SMILES string of the molecule is Cl.Nc1[nH]ncc1[N+](=O)[O-]. The van der Waals surface area contributed by atoms with Crippen LogP contribution in [0.1, 0.15) is 0 Å². The van der Waals surface area contributed by atoms with Crippen LogP contribution in [0, 0.1) is 10.1 Å². The molecule has 0 aliphatic heterocycles. The molecule has 0 aliphatic carbocycles. The minimum Gasteiger partial charge on any atom is -0.378 e. The first-order valence-corrected chi connectivity index (χ1v) is 2.15. The highest BCUT2D eigenvalue weighted by Crippen LogP contribution is 2.14. The van der Waals surface area contributed by atoms with Crippen molar-refractivity contribution in [3.63, 3.8) is 0 Å². The van der Waals surface area contributed by atoms with E-state index in [0.717, 1.165) is 6.20 Å². The highest BCUT2D eigenvalue weighted by molar-refractivity contribution is 5.85. The number of hydrogen-bond donors (Lipinski definition) is 2. The number of H-pyrrole nitrogens is 1. The zero-order valence-electron chi connectivity index (χ0n) is 4.77. The van der Waals surface area contributed by atoms with Gasteiger partial charge in [-0.25, -0.2) is 0 Å². The van der Waals surface area contributed by atoms with E-state index in [1.54, 1.807) is 0 Å². The summed E-state index contributed by atoms with van der Waals surface area (Å²) in [7, 11) is 0. The van der Waals surface area contributed by atoms with Gasteiger partial charge in [-0.2, -0.15) is 5.10 Å². The van der Waals surface area contributed by atoms with E-state index in [2.05, 4.69) is 10.2 Å². The predicted octanol–water partition coefficient (Wildman–Crippen LogP) is 0.322. The second-order valence-electron chi connectivity index (χ2n) is 1.43. The van der Waals surface area contributed by atoms with Gasteiger partial charge in [0.2, 0.25) is 0 Å². The molecule has 6 nitrogen and oxygen atoms in total. The normalized spacial score (nSPS) is 8.40. The number of hydrogen-bond acceptors (Lipinski definition) is 4. The van der Waals surface area contributed by atoms with Crippen LogP contribution < -0.4 is 5.73 Å². The number of aromatic nitrogens is 2. The van der Waals surface area contributed by atoms with Crippen LogP contribution in [0.3, 0.4) is 0 Å². The number of nitrogens with two attached hydrogens (primary N) is 1. The number of nitrogens with one attached hydrogen (secondary N) is 1. The number of anilines is 1. The molecular formula is C3H5ClN4O2. The van der Waals surface area contributed by atoms with Crippen molar-refractivity contribution < 1.29 is 4.92 Å². The lowest BCUT2D eigenvalue weighted by Crippen LogP contribution is -1.91. The Morgan fingerprint density at radius 1 is 1.80 bits per heavy atom. The number of nitrogen functional groups attached to an aromatic ring is 1. The summed E-state index contributed by atoms with van der Waals surface area (Å²) >= 11 is 0. The topological polar surface area (TPSA) is 97.8 Å². The summed E-state index contributed by atoms with van der Waals surface area (Å²) in [6.07, 6.45) is 1.06. The zero-order valence-corrected chi connectivity index (χ0v) is 5.59. The summed E-state index contributed by atoms with van der Waals surface area (Å²) in [5, 5.41) is 15.5. The zero-order chi connectivity index (χ0) is 6.85. The molecule has 0 aromatic carbocycles. The number of aromatic amines is 1. The van der Waals surface area contributed by atoms with Gasteiger partial charge in [-0.3, -0.25) is 15.2 Å². The molecule has 56 valence electrons. The fourth-order valence-corrected chi connectivity index (χ4v) is 0.435. The number of nitro groups is 1. The lowest BCUT2D eigenvalue weighted by Gasteiger charge is -1.82. The van der Waals surface area contributed by atoms with Crippen LogP contribution in [0.4, 0.5) is 11.5 Å². The predicted molar refractivity (Wildman–Crippen MR) is 36.9 cm³/mol. The first-order chi connectivity index (χ1) is 4.22. The van der Waals surface area contributed by atoms with Gasteiger partial charge in [0, 0.05) is 0 Å². The third-order valence-corrected chi connectivity index (χ3v) is 0.844. The van der Waals surface area contributed by atoms with Crippen molar-refractivity contribution in [2.24, 2.45) is 0 Å². The maximum absolute atomic E-state index is 9.95. The minimum atomic E-state index is -0.598. The lowest BCUT2D eigenvalue weighted by molar-refractivity contribution is -0.383. The standard InChI is InChI=1S/C3H4N4O2.ClH/c4-3-2(7(8)9)1-5-6-3;/h1H,(H3,4,5,6);1H. The molecule has 1 aromatic heterocycles. The van der Waals surface area contributed by atoms with E-state index in [0.29, 0.717) is 0 Å². The highest BCUT2D eigenvalue weighted by atomic mass is 35.5. The molecule has 0 unspecified atom stereocenters. The molecule has 0 fully saturated rings. The van der Waals surface area contributed by atoms with Crippen LogP contribution in [0.25, 0.3) is 0 Å². The van der Waals surface area contributed by atoms with Gasteiger partial charge in [-0.1, -0.05) is 0 Å². The lowest BCUT2D eigenvalue weighted by atomic mass is 10.5. The Morgan fingerprint density at radius 2 is 2.40 bits per heavy atom. The quantitative estimate of drug-likeness (QED) is 0.461. The van der Waals surface area contributed by atoms with Crippen molar-refractivity contribution >= 4 is 23.9 Å². The van der Waals surface area contributed by atoms with Crippen LogP contribution in [0.2, 0.25) is 0 Å². The first kappa shape index (κ1) is 8.70. The summed E-state index contributed by atoms with van der Waals surface area (Å²) in [5.41, 5.74) is 4.90. The van der Waals surface area contributed by atoms with E-state index in [4.69, 9.17) is 5.73 Å². The summed E-state index contributed by atoms with van der Waals surface area (Å²) in [4.78, 5) is 9.35. The van der Waals surface area contributed by atoms with E-state index in [9.17, 15) is 10.1 Å². The Kier molecular flexibility index (Phi) is 2.63. The molecule has 1 heterocycles. The molecule has 1 rings (SSSR count). The molecule has 0 amide bonds. The maximum Gasteiger partial charge on any atom is 0.330 e. The van der Waals surface area contributed by atoms with Crippen LogP contribution in [-0.4, -0.2) is 15.1 Å². The minimum absolute atomic E-state index is 0. The van der Waals surface area contributed by atoms with Crippen LogP contribution in [0.5, 0.6) is 0 Å². The van der Waals surface area contributed by atoms with Crippen molar-refractivity contribution in [1.29, 1.82) is 0 Å². The highest BCUT2D eigenvalue weighted by Gasteiger charge is 2.11. The Bertz CT molecular complexity index is 234. The smallest absolute Gasteiger partial charge is 0.330 e. The molecular weight excluding hydrogens is 160 g/mol. The Labute approximate surface area is 62.0 Å². The van der Waals surface area contributed by atoms with E-state index in [1.807, 2.05) is 0 Å². The molecule has 1 aromatic rings. The van der Waals surface area contributed by atoms with Crippen molar-refractivity contribution in [2.45, 2.75) is 0 Å². The van der Waals surface area contributed by atoms with Gasteiger partial charge >= 0.3 is 5.69 Å². The second-order valence-corrected chi connectivity index (χ2v) is 1.43. The average molecular weight is 165 g/mol. The van der Waals surface area contributed by atoms with Crippen LogP contribution >= 0.6 is 12.4 Å². The molecule has 0 atom stereocenters. The monoisotopic (exact) mass is 164 g/mol. The number of rotatable bonds is 1. The van der Waals surface area contributed by atoms with Crippen molar-refractivity contribution in [3.8, 4) is 0 Å². The molecule has 0 aliphatic rings. The van der Waals surface area contributed by atoms with Gasteiger partial charge in [0.1, 0.15) is 6.20 Å². The van der Waals surface area contributed by atoms with Gasteiger partial charge in [-0.05, 0) is 0 Å². The average Bonchev–Trinajstić information content (AvgIpc) is 2.13. The van der Waals surface area contributed by atoms with Gasteiger partial charge in [0.25, 0.3) is 0 Å². The number of halogens is 1. The Morgan fingerprint density at radius 3 is 2.60 bits per heavy atom. The summed E-state index contributed by atoms with van der Waals surface area (Å²) in [6, 6.07) is 0. The van der Waals surface area contributed by atoms with Gasteiger partial charge < -0.3 is 5.73 Å².